The summed E-state index contributed by atoms with van der Waals surface area (Å²) in [6.45, 7) is 6.69. The normalized spacial score (nSPS) is 15.9. The lowest BCUT2D eigenvalue weighted by Gasteiger charge is -2.12. The summed E-state index contributed by atoms with van der Waals surface area (Å²) in [6.07, 6.45) is 7.32. The number of thiazole rings is 1. The summed E-state index contributed by atoms with van der Waals surface area (Å²) in [5, 5.41) is 4.91. The van der Waals surface area contributed by atoms with Crippen LogP contribution in [-0.2, 0) is 6.54 Å². The van der Waals surface area contributed by atoms with Gasteiger partial charge in [-0.25, -0.2) is 4.98 Å². The molecule has 1 aromatic heterocycles. The molecule has 0 unspecified atom stereocenters. The molecule has 1 aliphatic rings. The van der Waals surface area contributed by atoms with Crippen molar-refractivity contribution in [3.05, 3.63) is 16.1 Å². The van der Waals surface area contributed by atoms with Crippen LogP contribution in [0.25, 0.3) is 0 Å². The number of nitrogens with one attached hydrogen (secondary N) is 1. The number of nitrogens with zero attached hydrogens (tertiary/aromatic N) is 1. The summed E-state index contributed by atoms with van der Waals surface area (Å²) in [7, 11) is 0. The molecule has 0 aliphatic heterocycles. The van der Waals surface area contributed by atoms with Crippen molar-refractivity contribution in [3.8, 4) is 0 Å². The minimum atomic E-state index is 0.804. The molecule has 0 radical (unpaired) electrons. The monoisotopic (exact) mass is 238 g/mol. The smallest absolute Gasteiger partial charge is 0.0959 e. The molecule has 0 saturated heterocycles. The lowest BCUT2D eigenvalue weighted by atomic mass is 10.0. The third kappa shape index (κ3) is 3.29. The first-order valence-electron chi connectivity index (χ1n) is 6.48. The van der Waals surface area contributed by atoms with Crippen LogP contribution in [0.15, 0.2) is 6.20 Å². The number of hydrogen-bond donors (Lipinski definition) is 1. The van der Waals surface area contributed by atoms with E-state index in [4.69, 9.17) is 0 Å². The van der Waals surface area contributed by atoms with Crippen LogP contribution in [0.5, 0.6) is 0 Å². The number of rotatable bonds is 7. The fraction of sp³-hybridized carbons (Fsp3) is 0.769. The Morgan fingerprint density at radius 2 is 2.19 bits per heavy atom. The molecule has 90 valence electrons. The molecular formula is C13H22N2S. The molecule has 3 heteroatoms. The molecule has 0 aromatic carbocycles. The van der Waals surface area contributed by atoms with Crippen LogP contribution < -0.4 is 5.32 Å². The first-order valence-corrected chi connectivity index (χ1v) is 7.30. The van der Waals surface area contributed by atoms with Gasteiger partial charge in [-0.1, -0.05) is 26.7 Å². The van der Waals surface area contributed by atoms with E-state index in [0.717, 1.165) is 24.9 Å². The van der Waals surface area contributed by atoms with Crippen LogP contribution in [0.4, 0.5) is 0 Å². The largest absolute Gasteiger partial charge is 0.312 e. The average Bonchev–Trinajstić information content (AvgIpc) is 3.05. The molecule has 1 heterocycles. The van der Waals surface area contributed by atoms with Crippen molar-refractivity contribution in [2.24, 2.45) is 5.92 Å². The second kappa shape index (κ2) is 5.78. The second-order valence-corrected chi connectivity index (χ2v) is 5.90. The van der Waals surface area contributed by atoms with Gasteiger partial charge in [0.1, 0.15) is 0 Å². The van der Waals surface area contributed by atoms with Gasteiger partial charge in [-0.15, -0.1) is 11.3 Å². The summed E-state index contributed by atoms with van der Waals surface area (Å²) in [4.78, 5) is 5.89. The van der Waals surface area contributed by atoms with E-state index in [9.17, 15) is 0 Å². The highest BCUT2D eigenvalue weighted by Gasteiger charge is 2.26. The SMILES string of the molecule is CCC(CC)CNCc1cnc(C2CC2)s1. The van der Waals surface area contributed by atoms with Gasteiger partial charge in [-0.2, -0.15) is 0 Å². The fourth-order valence-electron chi connectivity index (χ4n) is 1.90. The van der Waals surface area contributed by atoms with E-state index in [1.807, 2.05) is 11.3 Å². The van der Waals surface area contributed by atoms with Crippen LogP contribution in [0, 0.1) is 5.92 Å². The Morgan fingerprint density at radius 3 is 2.81 bits per heavy atom. The molecule has 0 spiro atoms. The zero-order chi connectivity index (χ0) is 11.4. The van der Waals surface area contributed by atoms with Crippen molar-refractivity contribution in [2.45, 2.75) is 52.0 Å². The van der Waals surface area contributed by atoms with E-state index < -0.39 is 0 Å². The lowest BCUT2D eigenvalue weighted by Crippen LogP contribution is -2.21. The Hall–Kier alpha value is -0.410. The summed E-state index contributed by atoms with van der Waals surface area (Å²) < 4.78 is 0. The number of hydrogen-bond acceptors (Lipinski definition) is 3. The Labute approximate surface area is 102 Å². The van der Waals surface area contributed by atoms with E-state index in [0.29, 0.717) is 0 Å². The van der Waals surface area contributed by atoms with Gasteiger partial charge in [-0.05, 0) is 25.3 Å². The van der Waals surface area contributed by atoms with Crippen molar-refractivity contribution in [1.29, 1.82) is 0 Å². The van der Waals surface area contributed by atoms with Crippen molar-refractivity contribution < 1.29 is 0 Å². The van der Waals surface area contributed by atoms with Crippen LogP contribution in [-0.4, -0.2) is 11.5 Å². The van der Waals surface area contributed by atoms with Crippen molar-refractivity contribution in [2.75, 3.05) is 6.54 Å². The molecule has 1 aromatic rings. The third-order valence-corrected chi connectivity index (χ3v) is 4.54. The fourth-order valence-corrected chi connectivity index (χ4v) is 2.96. The standard InChI is InChI=1S/C13H22N2S/c1-3-10(4-2)7-14-8-12-9-15-13(16-12)11-5-6-11/h9-11,14H,3-8H2,1-2H3. The van der Waals surface area contributed by atoms with Gasteiger partial charge in [0.15, 0.2) is 0 Å². The van der Waals surface area contributed by atoms with Crippen LogP contribution in [0.3, 0.4) is 0 Å². The molecular weight excluding hydrogens is 216 g/mol. The van der Waals surface area contributed by atoms with Crippen molar-refractivity contribution in [3.63, 3.8) is 0 Å². The van der Waals surface area contributed by atoms with Crippen LogP contribution >= 0.6 is 11.3 Å². The van der Waals surface area contributed by atoms with Gasteiger partial charge in [0, 0.05) is 23.5 Å². The van der Waals surface area contributed by atoms with E-state index in [-0.39, 0.29) is 0 Å². The maximum atomic E-state index is 4.49. The maximum Gasteiger partial charge on any atom is 0.0959 e. The van der Waals surface area contributed by atoms with E-state index in [1.54, 1.807) is 0 Å². The summed E-state index contributed by atoms with van der Waals surface area (Å²) >= 11 is 1.90. The van der Waals surface area contributed by atoms with Gasteiger partial charge in [0.25, 0.3) is 0 Å². The molecule has 16 heavy (non-hydrogen) atoms. The zero-order valence-corrected chi connectivity index (χ0v) is 11.1. The Morgan fingerprint density at radius 1 is 1.44 bits per heavy atom. The molecule has 0 amide bonds. The molecule has 2 rings (SSSR count). The maximum absolute atomic E-state index is 4.49. The lowest BCUT2D eigenvalue weighted by molar-refractivity contribution is 0.450. The van der Waals surface area contributed by atoms with Gasteiger partial charge in [-0.3, -0.25) is 0 Å². The molecule has 1 saturated carbocycles. The predicted octanol–water partition coefficient (Wildman–Crippen LogP) is 3.55. The molecule has 1 fully saturated rings. The van der Waals surface area contributed by atoms with E-state index in [2.05, 4.69) is 30.3 Å². The Balaban J connectivity index is 1.71. The molecule has 0 atom stereocenters. The van der Waals surface area contributed by atoms with Crippen molar-refractivity contribution >= 4 is 11.3 Å². The zero-order valence-electron chi connectivity index (χ0n) is 10.3. The molecule has 2 nitrogen and oxygen atoms in total. The van der Waals surface area contributed by atoms with Gasteiger partial charge in [0.2, 0.25) is 0 Å². The van der Waals surface area contributed by atoms with Crippen LogP contribution in [0.2, 0.25) is 0 Å². The average molecular weight is 238 g/mol. The van der Waals surface area contributed by atoms with E-state index in [1.165, 1.54) is 35.6 Å². The summed E-state index contributed by atoms with van der Waals surface area (Å²) in [6, 6.07) is 0. The molecule has 1 N–H and O–H groups in total. The van der Waals surface area contributed by atoms with E-state index >= 15 is 0 Å². The molecule has 1 aliphatic carbocycles. The van der Waals surface area contributed by atoms with Gasteiger partial charge in [0.05, 0.1) is 5.01 Å². The van der Waals surface area contributed by atoms with Crippen molar-refractivity contribution in [1.82, 2.24) is 10.3 Å². The van der Waals surface area contributed by atoms with Gasteiger partial charge >= 0.3 is 0 Å². The Kier molecular flexibility index (Phi) is 4.36. The quantitative estimate of drug-likeness (QED) is 0.786. The topological polar surface area (TPSA) is 24.9 Å². The summed E-state index contributed by atoms with van der Waals surface area (Å²) in [5.41, 5.74) is 0. The minimum absolute atomic E-state index is 0.804. The predicted molar refractivity (Wildman–Crippen MR) is 69.9 cm³/mol. The van der Waals surface area contributed by atoms with Crippen LogP contribution in [0.1, 0.15) is 55.3 Å². The second-order valence-electron chi connectivity index (χ2n) is 4.75. The highest BCUT2D eigenvalue weighted by Crippen LogP contribution is 2.41. The highest BCUT2D eigenvalue weighted by molar-refractivity contribution is 7.11. The first-order chi connectivity index (χ1) is 7.83. The minimum Gasteiger partial charge on any atom is -0.312 e. The highest BCUT2D eigenvalue weighted by atomic mass is 32.1. The summed E-state index contributed by atoms with van der Waals surface area (Å²) in [5.74, 6) is 1.63. The number of aromatic nitrogens is 1. The molecule has 0 bridgehead atoms. The third-order valence-electron chi connectivity index (χ3n) is 3.38. The Bertz CT molecular complexity index is 313. The first kappa shape index (κ1) is 12.1. The van der Waals surface area contributed by atoms with Gasteiger partial charge < -0.3 is 5.32 Å².